The second-order valence-electron chi connectivity index (χ2n) is 4.26. The summed E-state index contributed by atoms with van der Waals surface area (Å²) in [7, 11) is -3.72. The molecule has 0 aliphatic heterocycles. The maximum Gasteiger partial charge on any atom is 0.337 e. The highest BCUT2D eigenvalue weighted by atomic mass is 32.2. The smallest absolute Gasteiger partial charge is 0.337 e. The van der Waals surface area contributed by atoms with Crippen LogP contribution in [0.15, 0.2) is 41.6 Å². The Morgan fingerprint density at radius 3 is 2.65 bits per heavy atom. The van der Waals surface area contributed by atoms with E-state index in [9.17, 15) is 13.2 Å². The van der Waals surface area contributed by atoms with E-state index in [4.69, 9.17) is 5.11 Å². The molecule has 20 heavy (non-hydrogen) atoms. The van der Waals surface area contributed by atoms with Crippen molar-refractivity contribution < 1.29 is 18.3 Å². The zero-order valence-electron chi connectivity index (χ0n) is 10.9. The van der Waals surface area contributed by atoms with Gasteiger partial charge in [-0.1, -0.05) is 12.1 Å². The third-order valence-electron chi connectivity index (χ3n) is 2.82. The molecule has 0 saturated heterocycles. The second-order valence-corrected chi connectivity index (χ2v) is 6.22. The molecule has 0 unspecified atom stereocenters. The van der Waals surface area contributed by atoms with E-state index < -0.39 is 15.8 Å². The number of carbonyl (C=O) groups is 1. The normalized spacial score (nSPS) is 11.4. The molecule has 1 aromatic heterocycles. The van der Waals surface area contributed by atoms with Crippen LogP contribution in [0.1, 0.15) is 22.8 Å². The fourth-order valence-corrected chi connectivity index (χ4v) is 3.39. The summed E-state index contributed by atoms with van der Waals surface area (Å²) in [6.07, 6.45) is 3.12. The number of aromatic carboxylic acids is 1. The third kappa shape index (κ3) is 2.88. The van der Waals surface area contributed by atoms with Crippen molar-refractivity contribution in [3.05, 3.63) is 47.8 Å². The summed E-state index contributed by atoms with van der Waals surface area (Å²) < 4.78 is 26.3. The Labute approximate surface area is 116 Å². The first-order chi connectivity index (χ1) is 9.44. The van der Waals surface area contributed by atoms with Gasteiger partial charge < -0.3 is 5.11 Å². The Kier molecular flexibility index (Phi) is 3.89. The number of aryl methyl sites for hydroxylation is 1. The van der Waals surface area contributed by atoms with Crippen LogP contribution < -0.4 is 0 Å². The first kappa shape index (κ1) is 14.3. The third-order valence-corrected chi connectivity index (χ3v) is 4.56. The largest absolute Gasteiger partial charge is 0.478 e. The molecular formula is C13H14N2O4S. The molecule has 6 nitrogen and oxygen atoms in total. The molecule has 2 aromatic rings. The average Bonchev–Trinajstić information content (AvgIpc) is 2.85. The van der Waals surface area contributed by atoms with Crippen LogP contribution >= 0.6 is 0 Å². The standard InChI is InChI=1S/C13H14N2O4S/c1-2-15-8-10(7-14-15)9-20(18,19)12-6-4-3-5-11(12)13(16)17/h3-8H,2,9H2,1H3,(H,16,17). The molecule has 1 heterocycles. The Morgan fingerprint density at radius 1 is 1.35 bits per heavy atom. The van der Waals surface area contributed by atoms with Crippen molar-refractivity contribution in [3.8, 4) is 0 Å². The van der Waals surface area contributed by atoms with E-state index in [-0.39, 0.29) is 16.2 Å². The van der Waals surface area contributed by atoms with Crippen LogP contribution in [-0.4, -0.2) is 29.3 Å². The number of carboxylic acid groups (broad SMARTS) is 1. The monoisotopic (exact) mass is 294 g/mol. The van der Waals surface area contributed by atoms with Crippen LogP contribution in [0.25, 0.3) is 0 Å². The lowest BCUT2D eigenvalue weighted by molar-refractivity contribution is 0.0692. The van der Waals surface area contributed by atoms with Crippen molar-refractivity contribution in [2.24, 2.45) is 0 Å². The van der Waals surface area contributed by atoms with Gasteiger partial charge >= 0.3 is 5.97 Å². The van der Waals surface area contributed by atoms with Gasteiger partial charge in [-0.2, -0.15) is 5.10 Å². The Balaban J connectivity index is 2.38. The SMILES string of the molecule is CCn1cc(CS(=O)(=O)c2ccccc2C(=O)O)cn1. The van der Waals surface area contributed by atoms with Gasteiger partial charge in [0.05, 0.1) is 22.4 Å². The van der Waals surface area contributed by atoms with E-state index in [1.54, 1.807) is 10.9 Å². The maximum absolute atomic E-state index is 12.3. The molecule has 0 radical (unpaired) electrons. The number of carboxylic acids is 1. The molecule has 0 amide bonds. The molecule has 0 atom stereocenters. The number of rotatable bonds is 5. The van der Waals surface area contributed by atoms with E-state index in [0.29, 0.717) is 12.1 Å². The predicted octanol–water partition coefficient (Wildman–Crippen LogP) is 1.58. The molecule has 0 bridgehead atoms. The number of hydrogen-bond donors (Lipinski definition) is 1. The summed E-state index contributed by atoms with van der Waals surface area (Å²) in [6, 6.07) is 5.60. The Bertz CT molecular complexity index is 734. The van der Waals surface area contributed by atoms with Gasteiger partial charge in [0.25, 0.3) is 0 Å². The highest BCUT2D eigenvalue weighted by Gasteiger charge is 2.22. The lowest BCUT2D eigenvalue weighted by atomic mass is 10.2. The summed E-state index contributed by atoms with van der Waals surface area (Å²) in [4.78, 5) is 10.9. The molecule has 0 saturated carbocycles. The minimum atomic E-state index is -3.72. The zero-order chi connectivity index (χ0) is 14.8. The van der Waals surface area contributed by atoms with Crippen molar-refractivity contribution in [1.82, 2.24) is 9.78 Å². The Morgan fingerprint density at radius 2 is 2.05 bits per heavy atom. The molecule has 2 rings (SSSR count). The van der Waals surface area contributed by atoms with E-state index in [2.05, 4.69) is 5.10 Å². The summed E-state index contributed by atoms with van der Waals surface area (Å²) in [6.45, 7) is 2.54. The number of benzene rings is 1. The molecule has 7 heteroatoms. The van der Waals surface area contributed by atoms with E-state index >= 15 is 0 Å². The zero-order valence-corrected chi connectivity index (χ0v) is 11.7. The summed E-state index contributed by atoms with van der Waals surface area (Å²) in [5.41, 5.74) is 0.322. The van der Waals surface area contributed by atoms with Crippen LogP contribution in [0.4, 0.5) is 0 Å². The highest BCUT2D eigenvalue weighted by molar-refractivity contribution is 7.90. The van der Waals surface area contributed by atoms with Gasteiger partial charge in [0.1, 0.15) is 0 Å². The molecule has 0 spiro atoms. The molecule has 0 aliphatic carbocycles. The van der Waals surface area contributed by atoms with Gasteiger partial charge in [0.2, 0.25) is 0 Å². The molecule has 106 valence electrons. The van der Waals surface area contributed by atoms with Crippen LogP contribution in [0.2, 0.25) is 0 Å². The lowest BCUT2D eigenvalue weighted by Crippen LogP contribution is -2.10. The average molecular weight is 294 g/mol. The number of sulfone groups is 1. The maximum atomic E-state index is 12.3. The van der Waals surface area contributed by atoms with Crippen molar-refractivity contribution >= 4 is 15.8 Å². The fourth-order valence-electron chi connectivity index (χ4n) is 1.87. The van der Waals surface area contributed by atoms with E-state index in [0.717, 1.165) is 0 Å². The highest BCUT2D eigenvalue weighted by Crippen LogP contribution is 2.20. The Hall–Kier alpha value is -2.15. The molecule has 0 aliphatic rings. The van der Waals surface area contributed by atoms with E-state index in [1.165, 1.54) is 30.5 Å². The fraction of sp³-hybridized carbons (Fsp3) is 0.231. The van der Waals surface area contributed by atoms with Crippen LogP contribution in [-0.2, 0) is 22.1 Å². The van der Waals surface area contributed by atoms with Gasteiger partial charge in [-0.3, -0.25) is 4.68 Å². The van der Waals surface area contributed by atoms with Gasteiger partial charge in [0.15, 0.2) is 9.84 Å². The summed E-state index contributed by atoms with van der Waals surface area (Å²) in [5, 5.41) is 13.1. The molecule has 1 N–H and O–H groups in total. The first-order valence-corrected chi connectivity index (χ1v) is 7.65. The van der Waals surface area contributed by atoms with Crippen molar-refractivity contribution in [1.29, 1.82) is 0 Å². The van der Waals surface area contributed by atoms with Gasteiger partial charge in [-0.15, -0.1) is 0 Å². The van der Waals surface area contributed by atoms with Gasteiger partial charge in [0, 0.05) is 18.3 Å². The topological polar surface area (TPSA) is 89.3 Å². The number of aromatic nitrogens is 2. The van der Waals surface area contributed by atoms with Crippen molar-refractivity contribution in [2.45, 2.75) is 24.1 Å². The molecular weight excluding hydrogens is 280 g/mol. The lowest BCUT2D eigenvalue weighted by Gasteiger charge is -2.06. The predicted molar refractivity (Wildman–Crippen MR) is 72.2 cm³/mol. The molecule has 1 aromatic carbocycles. The number of hydrogen-bond acceptors (Lipinski definition) is 4. The number of nitrogens with zero attached hydrogens (tertiary/aromatic N) is 2. The van der Waals surface area contributed by atoms with Crippen LogP contribution in [0.5, 0.6) is 0 Å². The quantitative estimate of drug-likeness (QED) is 0.904. The van der Waals surface area contributed by atoms with E-state index in [1.807, 2.05) is 6.92 Å². The van der Waals surface area contributed by atoms with Gasteiger partial charge in [-0.05, 0) is 19.1 Å². The van der Waals surface area contributed by atoms with Crippen molar-refractivity contribution in [2.75, 3.05) is 0 Å². The van der Waals surface area contributed by atoms with Gasteiger partial charge in [-0.25, -0.2) is 13.2 Å². The second kappa shape index (κ2) is 5.46. The summed E-state index contributed by atoms with van der Waals surface area (Å²) in [5.74, 6) is -1.52. The van der Waals surface area contributed by atoms with Crippen LogP contribution in [0.3, 0.4) is 0 Å². The van der Waals surface area contributed by atoms with Crippen LogP contribution in [0, 0.1) is 0 Å². The first-order valence-electron chi connectivity index (χ1n) is 6.00. The minimum absolute atomic E-state index is 0.170. The van der Waals surface area contributed by atoms with Crippen molar-refractivity contribution in [3.63, 3.8) is 0 Å². The minimum Gasteiger partial charge on any atom is -0.478 e. The summed E-state index contributed by atoms with van der Waals surface area (Å²) >= 11 is 0. The molecule has 0 fully saturated rings.